The Labute approximate surface area is 65.1 Å². The Morgan fingerprint density at radius 3 is 2.20 bits per heavy atom. The Bertz CT molecular complexity index is 92.9. The van der Waals surface area contributed by atoms with Gasteiger partial charge in [0.25, 0.3) is 0 Å². The minimum absolute atomic E-state index is 1.12. The van der Waals surface area contributed by atoms with Gasteiger partial charge in [-0.3, -0.25) is 0 Å². The molecule has 0 saturated carbocycles. The van der Waals surface area contributed by atoms with E-state index >= 15 is 0 Å². The molecule has 0 fully saturated rings. The Balaban J connectivity index is 0. The van der Waals surface area contributed by atoms with E-state index in [4.69, 9.17) is 0 Å². The van der Waals surface area contributed by atoms with Crippen LogP contribution < -0.4 is 0 Å². The van der Waals surface area contributed by atoms with Gasteiger partial charge in [-0.05, 0) is 6.08 Å². The van der Waals surface area contributed by atoms with Crippen LogP contribution in [0.5, 0.6) is 0 Å². The van der Waals surface area contributed by atoms with Gasteiger partial charge in [-0.15, -0.1) is 0 Å². The van der Waals surface area contributed by atoms with Crippen molar-refractivity contribution in [2.75, 3.05) is 13.6 Å². The van der Waals surface area contributed by atoms with E-state index in [1.54, 1.807) is 6.08 Å². The molecule has 0 heterocycles. The molecule has 0 radical (unpaired) electrons. The van der Waals surface area contributed by atoms with Crippen molar-refractivity contribution in [3.05, 3.63) is 12.7 Å². The summed E-state index contributed by atoms with van der Waals surface area (Å²) in [4.78, 5) is 0. The highest BCUT2D eigenvalue weighted by Gasteiger charge is 1.86. The quantitative estimate of drug-likeness (QED) is 0.420. The van der Waals surface area contributed by atoms with Gasteiger partial charge in [-0.2, -0.15) is 0 Å². The lowest BCUT2D eigenvalue weighted by atomic mass is 10.5. The lowest BCUT2D eigenvalue weighted by Gasteiger charge is -1.88. The Morgan fingerprint density at radius 2 is 1.90 bits per heavy atom. The molecular formula is C9H20N+. The summed E-state index contributed by atoms with van der Waals surface area (Å²) in [5.41, 5.74) is 0. The van der Waals surface area contributed by atoms with Crippen molar-refractivity contribution in [1.29, 1.82) is 0 Å². The zero-order valence-corrected chi connectivity index (χ0v) is 7.72. The predicted molar refractivity (Wildman–Crippen MR) is 49.0 cm³/mol. The van der Waals surface area contributed by atoms with Gasteiger partial charge in [0.2, 0.25) is 0 Å². The van der Waals surface area contributed by atoms with E-state index in [2.05, 4.69) is 18.1 Å². The molecule has 0 bridgehead atoms. The molecule has 0 aliphatic heterocycles. The van der Waals surface area contributed by atoms with E-state index in [1.807, 2.05) is 27.1 Å². The second kappa shape index (κ2) is 11.2. The van der Waals surface area contributed by atoms with Crippen LogP contribution in [-0.2, 0) is 0 Å². The summed E-state index contributed by atoms with van der Waals surface area (Å²) in [5.74, 6) is 0. The lowest BCUT2D eigenvalue weighted by molar-refractivity contribution is -0.491. The van der Waals surface area contributed by atoms with Crippen LogP contribution in [0.15, 0.2) is 12.7 Å². The first kappa shape index (κ1) is 12.1. The second-order valence-corrected chi connectivity index (χ2v) is 1.87. The maximum Gasteiger partial charge on any atom is 0.162 e. The van der Waals surface area contributed by atoms with Crippen LogP contribution in [0.3, 0.4) is 0 Å². The smallest absolute Gasteiger partial charge is 0.162 e. The molecule has 1 heteroatoms. The van der Waals surface area contributed by atoms with Gasteiger partial charge < -0.3 is 0 Å². The molecule has 0 aliphatic rings. The fourth-order valence-corrected chi connectivity index (χ4v) is 0.607. The fourth-order valence-electron chi connectivity index (χ4n) is 0.607. The summed E-state index contributed by atoms with van der Waals surface area (Å²) in [6.45, 7) is 10.9. The Morgan fingerprint density at radius 1 is 1.40 bits per heavy atom. The molecule has 0 saturated heterocycles. The Hall–Kier alpha value is -0.590. The fraction of sp³-hybridized carbons (Fsp3) is 0.667. The second-order valence-electron chi connectivity index (χ2n) is 1.87. The maximum absolute atomic E-state index is 3.59. The molecule has 0 unspecified atom stereocenters. The van der Waals surface area contributed by atoms with Crippen LogP contribution in [0, 0.1) is 0 Å². The lowest BCUT2D eigenvalue weighted by Crippen LogP contribution is -2.05. The number of allylic oxidation sites excluding steroid dienone is 1. The van der Waals surface area contributed by atoms with Gasteiger partial charge in [0.1, 0.15) is 13.6 Å². The highest BCUT2D eigenvalue weighted by atomic mass is 14.9. The molecule has 0 aromatic heterocycles. The molecule has 0 aromatic rings. The molecule has 0 aromatic carbocycles. The first-order valence-corrected chi connectivity index (χ1v) is 3.97. The average molecular weight is 142 g/mol. The molecule has 0 atom stereocenters. The van der Waals surface area contributed by atoms with Crippen molar-refractivity contribution >= 4 is 6.21 Å². The number of hydrogen-bond donors (Lipinski definition) is 0. The van der Waals surface area contributed by atoms with Crippen molar-refractivity contribution in [2.45, 2.75) is 27.2 Å². The summed E-state index contributed by atoms with van der Waals surface area (Å²) >= 11 is 0. The van der Waals surface area contributed by atoms with Crippen molar-refractivity contribution in [3.8, 4) is 0 Å². The van der Waals surface area contributed by atoms with Gasteiger partial charge in [0.05, 0.1) is 0 Å². The van der Waals surface area contributed by atoms with Gasteiger partial charge >= 0.3 is 0 Å². The number of rotatable bonds is 3. The third-order valence-corrected chi connectivity index (χ3v) is 0.936. The molecular weight excluding hydrogens is 122 g/mol. The summed E-state index contributed by atoms with van der Waals surface area (Å²) in [6, 6.07) is 0. The van der Waals surface area contributed by atoms with E-state index in [9.17, 15) is 0 Å². The molecule has 0 rings (SSSR count). The molecule has 1 nitrogen and oxygen atoms in total. The monoisotopic (exact) mass is 142 g/mol. The van der Waals surface area contributed by atoms with Crippen molar-refractivity contribution in [2.24, 2.45) is 0 Å². The van der Waals surface area contributed by atoms with Crippen molar-refractivity contribution in [1.82, 2.24) is 0 Å². The standard InChI is InChI=1S/C7H14N.C2H6/c1-4-6-8(3)7-5-2;1-2/h4,6H,1,5,7H2,2-3H3;1-2H3/q+1;. The first-order valence-electron chi connectivity index (χ1n) is 3.97. The average Bonchev–Trinajstić information content (AvgIpc) is 1.93. The summed E-state index contributed by atoms with van der Waals surface area (Å²) in [7, 11) is 2.05. The zero-order chi connectivity index (χ0) is 8.41. The molecule has 0 aliphatic carbocycles. The predicted octanol–water partition coefficient (Wildman–Crippen LogP) is 2.32. The topological polar surface area (TPSA) is 3.01 Å². The summed E-state index contributed by atoms with van der Waals surface area (Å²) < 4.78 is 2.12. The molecule has 0 N–H and O–H groups in total. The minimum Gasteiger partial charge on any atom is -0.239 e. The molecule has 0 spiro atoms. The summed E-state index contributed by atoms with van der Waals surface area (Å²) in [5, 5.41) is 0. The van der Waals surface area contributed by atoms with Crippen molar-refractivity contribution < 1.29 is 4.58 Å². The van der Waals surface area contributed by atoms with Crippen LogP contribution in [0.4, 0.5) is 0 Å². The largest absolute Gasteiger partial charge is 0.239 e. The highest BCUT2D eigenvalue weighted by molar-refractivity contribution is 5.64. The van der Waals surface area contributed by atoms with Gasteiger partial charge in [0, 0.05) is 6.42 Å². The van der Waals surface area contributed by atoms with Crippen LogP contribution >= 0.6 is 0 Å². The summed E-state index contributed by atoms with van der Waals surface area (Å²) in [6.07, 6.45) is 4.97. The third-order valence-electron chi connectivity index (χ3n) is 0.936. The normalized spacial score (nSPS) is 9.80. The maximum atomic E-state index is 3.59. The Kier molecular flexibility index (Phi) is 13.6. The van der Waals surface area contributed by atoms with Crippen LogP contribution in [0.25, 0.3) is 0 Å². The van der Waals surface area contributed by atoms with Gasteiger partial charge in [0.15, 0.2) is 6.21 Å². The van der Waals surface area contributed by atoms with E-state index < -0.39 is 0 Å². The zero-order valence-electron chi connectivity index (χ0n) is 7.72. The van der Waals surface area contributed by atoms with E-state index in [0.29, 0.717) is 0 Å². The molecule has 10 heavy (non-hydrogen) atoms. The van der Waals surface area contributed by atoms with Gasteiger partial charge in [-0.1, -0.05) is 27.4 Å². The SMILES string of the molecule is C=CC=[N+](C)CCC.CC. The van der Waals surface area contributed by atoms with Crippen LogP contribution in [-0.4, -0.2) is 24.4 Å². The third kappa shape index (κ3) is 10.4. The van der Waals surface area contributed by atoms with E-state index in [0.717, 1.165) is 6.54 Å². The van der Waals surface area contributed by atoms with Crippen molar-refractivity contribution in [3.63, 3.8) is 0 Å². The van der Waals surface area contributed by atoms with Crippen LogP contribution in [0.1, 0.15) is 27.2 Å². The van der Waals surface area contributed by atoms with E-state index in [-0.39, 0.29) is 0 Å². The molecule has 0 amide bonds. The number of hydrogen-bond acceptors (Lipinski definition) is 0. The van der Waals surface area contributed by atoms with Gasteiger partial charge in [-0.25, -0.2) is 4.58 Å². The highest BCUT2D eigenvalue weighted by Crippen LogP contribution is 1.73. The first-order chi connectivity index (χ1) is 4.81. The minimum atomic E-state index is 1.12. The number of nitrogens with zero attached hydrogens (tertiary/aromatic N) is 1. The molecule has 60 valence electrons. The van der Waals surface area contributed by atoms with Crippen LogP contribution in [0.2, 0.25) is 0 Å². The van der Waals surface area contributed by atoms with E-state index in [1.165, 1.54) is 6.42 Å².